The fourth-order valence-electron chi connectivity index (χ4n) is 2.25. The van der Waals surface area contributed by atoms with Crippen LogP contribution in [0.5, 0.6) is 0 Å². The van der Waals surface area contributed by atoms with Gasteiger partial charge in [-0.05, 0) is 43.9 Å². The molecule has 0 fully saturated rings. The highest BCUT2D eigenvalue weighted by Gasteiger charge is 2.35. The summed E-state index contributed by atoms with van der Waals surface area (Å²) in [7, 11) is 0. The predicted molar refractivity (Wildman–Crippen MR) is 82.8 cm³/mol. The van der Waals surface area contributed by atoms with Gasteiger partial charge in [-0.2, -0.15) is 13.2 Å². The Morgan fingerprint density at radius 2 is 1.86 bits per heavy atom. The van der Waals surface area contributed by atoms with Crippen molar-refractivity contribution < 1.29 is 13.2 Å². The first-order chi connectivity index (χ1) is 9.79. The third kappa shape index (κ3) is 5.10. The smallest absolute Gasteiger partial charge is 0.371 e. The monoisotopic (exact) mass is 299 g/mol. The van der Waals surface area contributed by atoms with Gasteiger partial charge in [0.1, 0.15) is 0 Å². The fraction of sp³-hybridized carbons (Fsp3) is 0.529. The molecule has 118 valence electrons. The van der Waals surface area contributed by atoms with Gasteiger partial charge in [-0.25, -0.2) is 0 Å². The average Bonchev–Trinajstić information content (AvgIpc) is 2.41. The van der Waals surface area contributed by atoms with Crippen LogP contribution in [-0.4, -0.2) is 13.1 Å². The lowest BCUT2D eigenvalue weighted by molar-refractivity contribution is -0.137. The summed E-state index contributed by atoms with van der Waals surface area (Å²) in [6.45, 7) is 10.7. The van der Waals surface area contributed by atoms with Crippen LogP contribution in [0.3, 0.4) is 0 Å². The summed E-state index contributed by atoms with van der Waals surface area (Å²) >= 11 is 0. The molecule has 0 saturated carbocycles. The second kappa shape index (κ2) is 7.53. The molecule has 0 radical (unpaired) electrons. The van der Waals surface area contributed by atoms with Crippen LogP contribution >= 0.6 is 0 Å². The molecule has 4 heteroatoms. The van der Waals surface area contributed by atoms with Crippen molar-refractivity contribution in [3.8, 4) is 0 Å². The van der Waals surface area contributed by atoms with E-state index in [9.17, 15) is 13.2 Å². The standard InChI is InChI=1S/C17H24F3N/c1-5-10-21(11-9-13(3)4)16-8-7-14(6-2)12-15(16)17(18,19)20/h7-8,12H,3,5-6,9-11H2,1-2,4H3. The van der Waals surface area contributed by atoms with E-state index in [1.54, 1.807) is 12.1 Å². The van der Waals surface area contributed by atoms with E-state index >= 15 is 0 Å². The van der Waals surface area contributed by atoms with Gasteiger partial charge < -0.3 is 4.90 Å². The number of nitrogens with zero attached hydrogens (tertiary/aromatic N) is 1. The minimum absolute atomic E-state index is 0.280. The van der Waals surface area contributed by atoms with Gasteiger partial charge in [-0.15, -0.1) is 6.58 Å². The molecule has 21 heavy (non-hydrogen) atoms. The summed E-state index contributed by atoms with van der Waals surface area (Å²) in [5, 5.41) is 0. The highest BCUT2D eigenvalue weighted by molar-refractivity contribution is 5.56. The molecule has 0 aliphatic heterocycles. The number of benzene rings is 1. The molecular formula is C17H24F3N. The fourth-order valence-corrected chi connectivity index (χ4v) is 2.25. The Morgan fingerprint density at radius 3 is 2.33 bits per heavy atom. The Hall–Kier alpha value is -1.45. The second-order valence-corrected chi connectivity index (χ2v) is 5.40. The molecule has 0 saturated heterocycles. The van der Waals surface area contributed by atoms with Crippen molar-refractivity contribution in [1.82, 2.24) is 0 Å². The molecule has 0 bridgehead atoms. The zero-order valence-corrected chi connectivity index (χ0v) is 13.1. The summed E-state index contributed by atoms with van der Waals surface area (Å²) < 4.78 is 40.0. The van der Waals surface area contributed by atoms with E-state index in [0.29, 0.717) is 31.5 Å². The van der Waals surface area contributed by atoms with Crippen molar-refractivity contribution >= 4 is 5.69 Å². The van der Waals surface area contributed by atoms with Crippen LogP contribution < -0.4 is 4.90 Å². The lowest BCUT2D eigenvalue weighted by Gasteiger charge is -2.28. The lowest BCUT2D eigenvalue weighted by atomic mass is 10.0. The molecular weight excluding hydrogens is 275 g/mol. The van der Waals surface area contributed by atoms with Crippen LogP contribution in [-0.2, 0) is 12.6 Å². The summed E-state index contributed by atoms with van der Waals surface area (Å²) in [6, 6.07) is 4.67. The first kappa shape index (κ1) is 17.6. The molecule has 0 aromatic heterocycles. The molecule has 1 aromatic carbocycles. The van der Waals surface area contributed by atoms with Crippen LogP contribution in [0.15, 0.2) is 30.4 Å². The van der Waals surface area contributed by atoms with E-state index in [-0.39, 0.29) is 5.69 Å². The molecule has 1 nitrogen and oxygen atoms in total. The maximum atomic E-state index is 13.3. The summed E-state index contributed by atoms with van der Waals surface area (Å²) in [4.78, 5) is 1.82. The van der Waals surface area contributed by atoms with Crippen molar-refractivity contribution in [2.75, 3.05) is 18.0 Å². The Labute approximate surface area is 125 Å². The normalized spacial score (nSPS) is 11.5. The van der Waals surface area contributed by atoms with Crippen LogP contribution in [0, 0.1) is 0 Å². The van der Waals surface area contributed by atoms with E-state index in [4.69, 9.17) is 0 Å². The number of aryl methyl sites for hydroxylation is 1. The predicted octanol–water partition coefficient (Wildman–Crippen LogP) is 5.45. The number of halogens is 3. The molecule has 0 aliphatic carbocycles. The first-order valence-corrected chi connectivity index (χ1v) is 7.39. The third-order valence-corrected chi connectivity index (χ3v) is 3.42. The molecule has 1 rings (SSSR count). The number of alkyl halides is 3. The molecule has 0 N–H and O–H groups in total. The maximum absolute atomic E-state index is 13.3. The minimum atomic E-state index is -4.32. The summed E-state index contributed by atoms with van der Waals surface area (Å²) in [5.41, 5.74) is 1.44. The van der Waals surface area contributed by atoms with E-state index in [0.717, 1.165) is 12.0 Å². The zero-order chi connectivity index (χ0) is 16.0. The van der Waals surface area contributed by atoms with E-state index in [1.807, 2.05) is 25.7 Å². The molecule has 0 amide bonds. The SMILES string of the molecule is C=C(C)CCN(CCC)c1ccc(CC)cc1C(F)(F)F. The second-order valence-electron chi connectivity index (χ2n) is 5.40. The lowest BCUT2D eigenvalue weighted by Crippen LogP contribution is -2.28. The molecule has 0 heterocycles. The van der Waals surface area contributed by atoms with Gasteiger partial charge in [0.2, 0.25) is 0 Å². The van der Waals surface area contributed by atoms with Crippen molar-refractivity contribution in [3.63, 3.8) is 0 Å². The average molecular weight is 299 g/mol. The molecule has 0 unspecified atom stereocenters. The van der Waals surface area contributed by atoms with Crippen molar-refractivity contribution in [3.05, 3.63) is 41.5 Å². The number of anilines is 1. The summed E-state index contributed by atoms with van der Waals surface area (Å²) in [6.07, 6.45) is -2.21. The Bertz CT molecular complexity index is 477. The van der Waals surface area contributed by atoms with Gasteiger partial charge in [0.15, 0.2) is 0 Å². The largest absolute Gasteiger partial charge is 0.418 e. The highest BCUT2D eigenvalue weighted by atomic mass is 19.4. The quantitative estimate of drug-likeness (QED) is 0.605. The summed E-state index contributed by atoms with van der Waals surface area (Å²) in [5.74, 6) is 0. The Kier molecular flexibility index (Phi) is 6.31. The minimum Gasteiger partial charge on any atom is -0.371 e. The van der Waals surface area contributed by atoms with E-state index in [2.05, 4.69) is 6.58 Å². The number of hydrogen-bond acceptors (Lipinski definition) is 1. The van der Waals surface area contributed by atoms with Crippen molar-refractivity contribution in [2.24, 2.45) is 0 Å². The molecule has 0 aliphatic rings. The van der Waals surface area contributed by atoms with Gasteiger partial charge in [-0.3, -0.25) is 0 Å². The van der Waals surface area contributed by atoms with Gasteiger partial charge in [0.25, 0.3) is 0 Å². The number of hydrogen-bond donors (Lipinski definition) is 0. The van der Waals surface area contributed by atoms with Crippen molar-refractivity contribution in [2.45, 2.75) is 46.2 Å². The third-order valence-electron chi connectivity index (χ3n) is 3.42. The van der Waals surface area contributed by atoms with Crippen LogP contribution in [0.25, 0.3) is 0 Å². The van der Waals surface area contributed by atoms with Gasteiger partial charge >= 0.3 is 6.18 Å². The zero-order valence-electron chi connectivity index (χ0n) is 13.1. The Balaban J connectivity index is 3.19. The topological polar surface area (TPSA) is 3.24 Å². The first-order valence-electron chi connectivity index (χ1n) is 7.39. The van der Waals surface area contributed by atoms with Gasteiger partial charge in [-0.1, -0.05) is 25.5 Å². The molecule has 0 spiro atoms. The van der Waals surface area contributed by atoms with Crippen molar-refractivity contribution in [1.29, 1.82) is 0 Å². The molecule has 1 aromatic rings. The number of rotatable bonds is 7. The van der Waals surface area contributed by atoms with Crippen LogP contribution in [0.4, 0.5) is 18.9 Å². The van der Waals surface area contributed by atoms with Gasteiger partial charge in [0.05, 0.1) is 5.56 Å². The van der Waals surface area contributed by atoms with Gasteiger partial charge in [0, 0.05) is 18.8 Å². The van der Waals surface area contributed by atoms with Crippen LogP contribution in [0.2, 0.25) is 0 Å². The maximum Gasteiger partial charge on any atom is 0.418 e. The molecule has 0 atom stereocenters. The highest BCUT2D eigenvalue weighted by Crippen LogP contribution is 2.37. The van der Waals surface area contributed by atoms with E-state index < -0.39 is 11.7 Å². The van der Waals surface area contributed by atoms with Crippen LogP contribution in [0.1, 0.15) is 44.7 Å². The Morgan fingerprint density at radius 1 is 1.19 bits per heavy atom. The van der Waals surface area contributed by atoms with E-state index in [1.165, 1.54) is 6.07 Å².